The number of hydrogen-bond donors (Lipinski definition) is 1. The number of fused-ring (bicyclic) bond motifs is 2. The van der Waals surface area contributed by atoms with Crippen LogP contribution in [0.15, 0.2) is 18.2 Å². The molecule has 0 spiro atoms. The molecule has 6 nitrogen and oxygen atoms in total. The van der Waals surface area contributed by atoms with Gasteiger partial charge in [0.15, 0.2) is 0 Å². The maximum absolute atomic E-state index is 13.3. The molecule has 0 bridgehead atoms. The van der Waals surface area contributed by atoms with Gasteiger partial charge in [-0.15, -0.1) is 0 Å². The molecule has 2 atom stereocenters. The van der Waals surface area contributed by atoms with Crippen LogP contribution in [0.4, 0.5) is 4.39 Å². The molecular weight excluding hydrogens is 347 g/mol. The second-order valence-corrected chi connectivity index (χ2v) is 8.02. The molecule has 3 heterocycles. The number of benzene rings is 1. The number of carbonyl (C=O) groups is 1. The zero-order valence-electron chi connectivity index (χ0n) is 15.4. The van der Waals surface area contributed by atoms with Crippen LogP contribution in [0, 0.1) is 11.7 Å². The van der Waals surface area contributed by atoms with Crippen LogP contribution in [0.2, 0.25) is 0 Å². The number of nitrogens with one attached hydrogen (secondary N) is 1. The van der Waals surface area contributed by atoms with Gasteiger partial charge in [-0.3, -0.25) is 9.69 Å². The quantitative estimate of drug-likeness (QED) is 0.891. The smallest absolute Gasteiger partial charge is 0.223 e. The lowest BCUT2D eigenvalue weighted by Gasteiger charge is -2.48. The zero-order chi connectivity index (χ0) is 18.4. The van der Waals surface area contributed by atoms with Crippen molar-refractivity contribution >= 4 is 16.9 Å². The first-order valence-electron chi connectivity index (χ1n) is 9.93. The van der Waals surface area contributed by atoms with Crippen molar-refractivity contribution in [2.75, 3.05) is 32.8 Å². The Labute approximate surface area is 157 Å². The first-order valence-corrected chi connectivity index (χ1v) is 9.93. The molecule has 27 heavy (non-hydrogen) atoms. The van der Waals surface area contributed by atoms with Gasteiger partial charge in [-0.25, -0.2) is 9.37 Å². The van der Waals surface area contributed by atoms with E-state index in [0.717, 1.165) is 50.1 Å². The molecular formula is C20H25FN4O2. The highest BCUT2D eigenvalue weighted by atomic mass is 19.1. The van der Waals surface area contributed by atoms with Crippen LogP contribution in [0.1, 0.15) is 25.1 Å². The second kappa shape index (κ2) is 6.87. The Hall–Kier alpha value is -1.99. The van der Waals surface area contributed by atoms with Crippen LogP contribution in [0.5, 0.6) is 0 Å². The van der Waals surface area contributed by atoms with Crippen LogP contribution in [0.25, 0.3) is 11.0 Å². The highest BCUT2D eigenvalue weighted by Crippen LogP contribution is 2.38. The largest absolute Gasteiger partial charge is 0.378 e. The molecule has 1 N–H and O–H groups in total. The van der Waals surface area contributed by atoms with Gasteiger partial charge in [0.05, 0.1) is 30.3 Å². The predicted octanol–water partition coefficient (Wildman–Crippen LogP) is 1.96. The monoisotopic (exact) mass is 372 g/mol. The van der Waals surface area contributed by atoms with E-state index in [4.69, 9.17) is 4.74 Å². The third-order valence-electron chi connectivity index (χ3n) is 6.14. The van der Waals surface area contributed by atoms with E-state index in [1.807, 2.05) is 4.90 Å². The SMILES string of the molecule is O=C(CCc1nc2ccc(F)cc2[nH]1)N1CCN2[C@@H](COC[C@@H]2C2CC2)C1. The number of carbonyl (C=O) groups excluding carboxylic acids is 1. The fourth-order valence-electron chi connectivity index (χ4n) is 4.53. The number of piperazine rings is 1. The summed E-state index contributed by atoms with van der Waals surface area (Å²) in [4.78, 5) is 24.8. The number of morpholine rings is 1. The lowest BCUT2D eigenvalue weighted by atomic mass is 10.0. The molecule has 5 rings (SSSR count). The molecule has 0 unspecified atom stereocenters. The molecule has 2 aromatic rings. The highest BCUT2D eigenvalue weighted by Gasteiger charge is 2.43. The molecule has 3 aliphatic rings. The van der Waals surface area contributed by atoms with Crippen molar-refractivity contribution in [1.29, 1.82) is 0 Å². The van der Waals surface area contributed by atoms with E-state index in [0.29, 0.717) is 30.4 Å². The molecule has 2 aliphatic heterocycles. The summed E-state index contributed by atoms with van der Waals surface area (Å²) in [5, 5.41) is 0. The van der Waals surface area contributed by atoms with E-state index < -0.39 is 0 Å². The van der Waals surface area contributed by atoms with E-state index >= 15 is 0 Å². The van der Waals surface area contributed by atoms with Crippen molar-refractivity contribution in [2.24, 2.45) is 5.92 Å². The minimum Gasteiger partial charge on any atom is -0.378 e. The maximum atomic E-state index is 13.3. The number of aromatic amines is 1. The van der Waals surface area contributed by atoms with Gasteiger partial charge in [0.1, 0.15) is 11.6 Å². The topological polar surface area (TPSA) is 61.5 Å². The van der Waals surface area contributed by atoms with E-state index in [2.05, 4.69) is 14.9 Å². The Kier molecular flexibility index (Phi) is 4.36. The number of H-pyrrole nitrogens is 1. The Balaban J connectivity index is 1.19. The maximum Gasteiger partial charge on any atom is 0.223 e. The van der Waals surface area contributed by atoms with Crippen molar-refractivity contribution in [2.45, 2.75) is 37.8 Å². The third kappa shape index (κ3) is 3.46. The van der Waals surface area contributed by atoms with Crippen molar-refractivity contribution < 1.29 is 13.9 Å². The number of aromatic nitrogens is 2. The Morgan fingerprint density at radius 1 is 1.30 bits per heavy atom. The summed E-state index contributed by atoms with van der Waals surface area (Å²) in [7, 11) is 0. The molecule has 1 saturated carbocycles. The number of aryl methyl sites for hydroxylation is 1. The average molecular weight is 372 g/mol. The molecule has 1 aromatic carbocycles. The molecule has 0 radical (unpaired) electrons. The fourth-order valence-corrected chi connectivity index (χ4v) is 4.53. The van der Waals surface area contributed by atoms with Gasteiger partial charge >= 0.3 is 0 Å². The van der Waals surface area contributed by atoms with Crippen molar-refractivity contribution in [3.63, 3.8) is 0 Å². The Morgan fingerprint density at radius 3 is 3.04 bits per heavy atom. The van der Waals surface area contributed by atoms with Crippen molar-refractivity contribution in [1.82, 2.24) is 19.8 Å². The third-order valence-corrected chi connectivity index (χ3v) is 6.14. The van der Waals surface area contributed by atoms with Crippen molar-refractivity contribution in [3.05, 3.63) is 29.8 Å². The van der Waals surface area contributed by atoms with Crippen molar-refractivity contribution in [3.8, 4) is 0 Å². The minimum absolute atomic E-state index is 0.162. The second-order valence-electron chi connectivity index (χ2n) is 8.02. The molecule has 1 aromatic heterocycles. The van der Waals surface area contributed by atoms with Gasteiger partial charge in [-0.05, 0) is 37.0 Å². The number of hydrogen-bond acceptors (Lipinski definition) is 4. The van der Waals surface area contributed by atoms with Gasteiger partial charge in [0.2, 0.25) is 5.91 Å². The fraction of sp³-hybridized carbons (Fsp3) is 0.600. The predicted molar refractivity (Wildman–Crippen MR) is 98.8 cm³/mol. The van der Waals surface area contributed by atoms with Crippen LogP contribution in [-0.2, 0) is 16.0 Å². The van der Waals surface area contributed by atoms with E-state index in [1.165, 1.54) is 25.0 Å². The first kappa shape index (κ1) is 17.1. The number of rotatable bonds is 4. The van der Waals surface area contributed by atoms with Gasteiger partial charge in [-0.2, -0.15) is 0 Å². The van der Waals surface area contributed by atoms with Crippen LogP contribution in [0.3, 0.4) is 0 Å². The van der Waals surface area contributed by atoms with E-state index in [-0.39, 0.29) is 11.7 Å². The number of imidazole rings is 1. The van der Waals surface area contributed by atoms with Crippen LogP contribution >= 0.6 is 0 Å². The van der Waals surface area contributed by atoms with Gasteiger partial charge < -0.3 is 14.6 Å². The molecule has 7 heteroatoms. The summed E-state index contributed by atoms with van der Waals surface area (Å²) in [5.74, 6) is 1.41. The zero-order valence-corrected chi connectivity index (χ0v) is 15.4. The van der Waals surface area contributed by atoms with E-state index in [9.17, 15) is 9.18 Å². The van der Waals surface area contributed by atoms with Gasteiger partial charge in [-0.1, -0.05) is 0 Å². The lowest BCUT2D eigenvalue weighted by molar-refractivity contribution is -0.140. The lowest BCUT2D eigenvalue weighted by Crippen LogP contribution is -2.63. The van der Waals surface area contributed by atoms with Crippen LogP contribution < -0.4 is 0 Å². The average Bonchev–Trinajstić information content (AvgIpc) is 3.45. The molecule has 1 aliphatic carbocycles. The standard InChI is InChI=1S/C20H25FN4O2/c21-14-3-4-16-17(9-14)23-19(22-16)5-6-20(26)24-7-8-25-15(10-24)11-27-12-18(25)13-1-2-13/h3-4,9,13,15,18H,1-2,5-8,10-12H2,(H,22,23)/t15-,18-/m1/s1. The number of nitrogens with zero attached hydrogens (tertiary/aromatic N) is 3. The van der Waals surface area contributed by atoms with Gasteiger partial charge in [0, 0.05) is 38.5 Å². The normalized spacial score (nSPS) is 26.3. The summed E-state index contributed by atoms with van der Waals surface area (Å²) >= 11 is 0. The molecule has 144 valence electrons. The Bertz CT molecular complexity index is 850. The van der Waals surface area contributed by atoms with Gasteiger partial charge in [0.25, 0.3) is 0 Å². The summed E-state index contributed by atoms with van der Waals surface area (Å²) in [6.45, 7) is 4.08. The van der Waals surface area contributed by atoms with E-state index in [1.54, 1.807) is 6.07 Å². The minimum atomic E-state index is -0.286. The molecule has 3 fully saturated rings. The molecule has 2 saturated heterocycles. The number of amides is 1. The summed E-state index contributed by atoms with van der Waals surface area (Å²) in [5.41, 5.74) is 1.41. The summed E-state index contributed by atoms with van der Waals surface area (Å²) < 4.78 is 19.1. The number of halogens is 1. The summed E-state index contributed by atoms with van der Waals surface area (Å²) in [6, 6.07) is 5.38. The summed E-state index contributed by atoms with van der Waals surface area (Å²) in [6.07, 6.45) is 3.60. The first-order chi connectivity index (χ1) is 13.2. The number of ether oxygens (including phenoxy) is 1. The highest BCUT2D eigenvalue weighted by molar-refractivity contribution is 5.77. The Morgan fingerprint density at radius 2 is 2.19 bits per heavy atom. The molecule has 1 amide bonds. The van der Waals surface area contributed by atoms with Crippen LogP contribution in [-0.4, -0.2) is 70.6 Å².